The van der Waals surface area contributed by atoms with Gasteiger partial charge in [0.15, 0.2) is 9.84 Å². The van der Waals surface area contributed by atoms with Crippen LogP contribution in [0.2, 0.25) is 0 Å². The molecule has 0 saturated carbocycles. The van der Waals surface area contributed by atoms with Gasteiger partial charge < -0.3 is 5.73 Å². The first-order valence-corrected chi connectivity index (χ1v) is 7.22. The average molecular weight is 234 g/mol. The lowest BCUT2D eigenvalue weighted by Crippen LogP contribution is -2.51. The van der Waals surface area contributed by atoms with E-state index in [0.29, 0.717) is 13.1 Å². The van der Waals surface area contributed by atoms with Crippen LogP contribution in [0.1, 0.15) is 20.8 Å². The third kappa shape index (κ3) is 3.74. The van der Waals surface area contributed by atoms with Gasteiger partial charge in [-0.15, -0.1) is 0 Å². The van der Waals surface area contributed by atoms with Crippen molar-refractivity contribution in [3.63, 3.8) is 0 Å². The number of hydrogen-bond donors (Lipinski definition) is 1. The smallest absolute Gasteiger partial charge is 0.153 e. The van der Waals surface area contributed by atoms with Crippen molar-refractivity contribution < 1.29 is 8.42 Å². The highest BCUT2D eigenvalue weighted by atomic mass is 32.2. The first-order chi connectivity index (χ1) is 6.76. The molecule has 1 aliphatic rings. The standard InChI is InChI=1S/C10H22N2O2S/c1-9-6-15(13,14)5-4-12(9)8-10(2,3)7-11/h9H,4-8,11H2,1-3H3. The summed E-state index contributed by atoms with van der Waals surface area (Å²) in [6.45, 7) is 8.35. The Balaban J connectivity index is 2.60. The Hall–Kier alpha value is -0.130. The van der Waals surface area contributed by atoms with Crippen molar-refractivity contribution in [2.24, 2.45) is 11.1 Å². The molecule has 4 nitrogen and oxygen atoms in total. The molecule has 1 rings (SSSR count). The highest BCUT2D eigenvalue weighted by molar-refractivity contribution is 7.91. The van der Waals surface area contributed by atoms with Crippen LogP contribution in [0.4, 0.5) is 0 Å². The van der Waals surface area contributed by atoms with Crippen molar-refractivity contribution in [3.05, 3.63) is 0 Å². The maximum absolute atomic E-state index is 11.4. The van der Waals surface area contributed by atoms with Gasteiger partial charge in [0.25, 0.3) is 0 Å². The Bertz CT molecular complexity index is 311. The molecule has 0 radical (unpaired) electrons. The molecule has 1 atom stereocenters. The van der Waals surface area contributed by atoms with Gasteiger partial charge in [0.1, 0.15) is 0 Å². The van der Waals surface area contributed by atoms with Crippen LogP contribution in [0.15, 0.2) is 0 Å². The molecule has 90 valence electrons. The van der Waals surface area contributed by atoms with E-state index in [1.165, 1.54) is 0 Å². The van der Waals surface area contributed by atoms with Crippen LogP contribution < -0.4 is 5.73 Å². The Kier molecular flexibility index (Phi) is 3.79. The van der Waals surface area contributed by atoms with Gasteiger partial charge in [0.2, 0.25) is 0 Å². The largest absolute Gasteiger partial charge is 0.330 e. The van der Waals surface area contributed by atoms with Gasteiger partial charge in [-0.05, 0) is 18.9 Å². The number of rotatable bonds is 3. The highest BCUT2D eigenvalue weighted by Gasteiger charge is 2.31. The molecule has 0 aliphatic carbocycles. The number of nitrogens with zero attached hydrogens (tertiary/aromatic N) is 1. The minimum Gasteiger partial charge on any atom is -0.330 e. The van der Waals surface area contributed by atoms with Crippen molar-refractivity contribution in [2.75, 3.05) is 31.1 Å². The first-order valence-electron chi connectivity index (χ1n) is 5.40. The van der Waals surface area contributed by atoms with Gasteiger partial charge in [0.05, 0.1) is 11.5 Å². The Morgan fingerprint density at radius 3 is 2.53 bits per heavy atom. The normalized spacial score (nSPS) is 27.9. The van der Waals surface area contributed by atoms with Crippen LogP contribution in [0.3, 0.4) is 0 Å². The zero-order valence-electron chi connectivity index (χ0n) is 9.86. The van der Waals surface area contributed by atoms with Crippen molar-refractivity contribution >= 4 is 9.84 Å². The minimum absolute atomic E-state index is 0.0648. The van der Waals surface area contributed by atoms with E-state index in [2.05, 4.69) is 18.7 Å². The van der Waals surface area contributed by atoms with Crippen LogP contribution in [-0.4, -0.2) is 50.5 Å². The Morgan fingerprint density at radius 1 is 1.47 bits per heavy atom. The SMILES string of the molecule is CC1CS(=O)(=O)CCN1CC(C)(C)CN. The highest BCUT2D eigenvalue weighted by Crippen LogP contribution is 2.19. The second kappa shape index (κ2) is 4.39. The summed E-state index contributed by atoms with van der Waals surface area (Å²) in [6, 6.07) is 0.120. The predicted octanol–water partition coefficient (Wildman–Crippen LogP) is 0.0902. The molecule has 0 aromatic carbocycles. The molecular formula is C10H22N2O2S. The summed E-state index contributed by atoms with van der Waals surface area (Å²) in [6.07, 6.45) is 0. The Labute approximate surface area is 92.7 Å². The summed E-state index contributed by atoms with van der Waals surface area (Å²) in [7, 11) is -2.80. The molecule has 1 aliphatic heterocycles. The van der Waals surface area contributed by atoms with Crippen LogP contribution in [0.25, 0.3) is 0 Å². The van der Waals surface area contributed by atoms with E-state index in [0.717, 1.165) is 6.54 Å². The van der Waals surface area contributed by atoms with Crippen LogP contribution in [0, 0.1) is 5.41 Å². The second-order valence-corrected chi connectivity index (χ2v) is 7.53. The molecule has 5 heteroatoms. The zero-order valence-corrected chi connectivity index (χ0v) is 10.7. The quantitative estimate of drug-likeness (QED) is 0.752. The fourth-order valence-corrected chi connectivity index (χ4v) is 3.51. The van der Waals surface area contributed by atoms with E-state index in [4.69, 9.17) is 5.73 Å². The van der Waals surface area contributed by atoms with Crippen LogP contribution in [-0.2, 0) is 9.84 Å². The minimum atomic E-state index is -2.80. The third-order valence-electron chi connectivity index (χ3n) is 2.99. The molecule has 0 aromatic rings. The number of sulfone groups is 1. The summed E-state index contributed by atoms with van der Waals surface area (Å²) in [4.78, 5) is 2.23. The average Bonchev–Trinajstić information content (AvgIpc) is 2.09. The molecule has 2 N–H and O–H groups in total. The lowest BCUT2D eigenvalue weighted by atomic mass is 9.92. The monoisotopic (exact) mass is 234 g/mol. The summed E-state index contributed by atoms with van der Waals surface area (Å²) >= 11 is 0. The van der Waals surface area contributed by atoms with E-state index >= 15 is 0 Å². The van der Waals surface area contributed by atoms with Crippen molar-refractivity contribution in [1.29, 1.82) is 0 Å². The summed E-state index contributed by atoms with van der Waals surface area (Å²) in [5.74, 6) is 0.575. The van der Waals surface area contributed by atoms with Crippen molar-refractivity contribution in [1.82, 2.24) is 4.90 Å². The maximum atomic E-state index is 11.4. The van der Waals surface area contributed by atoms with Crippen molar-refractivity contribution in [3.8, 4) is 0 Å². The molecule has 0 spiro atoms. The van der Waals surface area contributed by atoms with Gasteiger partial charge in [-0.2, -0.15) is 0 Å². The van der Waals surface area contributed by atoms with Crippen molar-refractivity contribution in [2.45, 2.75) is 26.8 Å². The fraction of sp³-hybridized carbons (Fsp3) is 1.00. The van der Waals surface area contributed by atoms with Gasteiger partial charge >= 0.3 is 0 Å². The van der Waals surface area contributed by atoms with E-state index < -0.39 is 9.84 Å². The molecule has 1 fully saturated rings. The molecule has 0 amide bonds. The molecular weight excluding hydrogens is 212 g/mol. The molecule has 15 heavy (non-hydrogen) atoms. The van der Waals surface area contributed by atoms with Gasteiger partial charge in [-0.25, -0.2) is 8.42 Å². The molecule has 1 unspecified atom stereocenters. The van der Waals surface area contributed by atoms with Crippen LogP contribution >= 0.6 is 0 Å². The number of nitrogens with two attached hydrogens (primary N) is 1. The van der Waals surface area contributed by atoms with Gasteiger partial charge in [-0.3, -0.25) is 4.90 Å². The fourth-order valence-electron chi connectivity index (χ4n) is 1.88. The van der Waals surface area contributed by atoms with E-state index in [-0.39, 0.29) is 23.0 Å². The van der Waals surface area contributed by atoms with E-state index in [1.54, 1.807) is 0 Å². The summed E-state index contributed by atoms with van der Waals surface area (Å²) < 4.78 is 22.8. The number of hydrogen-bond acceptors (Lipinski definition) is 4. The molecule has 1 heterocycles. The zero-order chi connectivity index (χ0) is 11.7. The second-order valence-electron chi connectivity index (χ2n) is 5.30. The molecule has 1 saturated heterocycles. The third-order valence-corrected chi connectivity index (χ3v) is 4.79. The van der Waals surface area contributed by atoms with Crippen LogP contribution in [0.5, 0.6) is 0 Å². The lowest BCUT2D eigenvalue weighted by molar-refractivity contribution is 0.152. The predicted molar refractivity (Wildman–Crippen MR) is 62.5 cm³/mol. The van der Waals surface area contributed by atoms with Gasteiger partial charge in [0, 0.05) is 19.1 Å². The Morgan fingerprint density at radius 2 is 2.07 bits per heavy atom. The van der Waals surface area contributed by atoms with E-state index in [9.17, 15) is 8.42 Å². The molecule has 0 aromatic heterocycles. The first kappa shape index (κ1) is 12.9. The van der Waals surface area contributed by atoms with Gasteiger partial charge in [-0.1, -0.05) is 13.8 Å². The lowest BCUT2D eigenvalue weighted by Gasteiger charge is -2.38. The van der Waals surface area contributed by atoms with E-state index in [1.807, 2.05) is 6.92 Å². The topological polar surface area (TPSA) is 63.4 Å². The molecule has 0 bridgehead atoms. The summed E-state index contributed by atoms with van der Waals surface area (Å²) in [5.41, 5.74) is 5.74. The maximum Gasteiger partial charge on any atom is 0.153 e. The summed E-state index contributed by atoms with van der Waals surface area (Å²) in [5, 5.41) is 0.